The van der Waals surface area contributed by atoms with Crippen molar-refractivity contribution in [1.82, 2.24) is 19.7 Å². The minimum Gasteiger partial charge on any atom is -0.453 e. The first-order valence-corrected chi connectivity index (χ1v) is 10.9. The number of amides is 1. The van der Waals surface area contributed by atoms with Crippen LogP contribution < -0.4 is 4.90 Å². The van der Waals surface area contributed by atoms with Gasteiger partial charge in [-0.1, -0.05) is 0 Å². The number of hydrogen-bond acceptors (Lipinski definition) is 6. The molecule has 5 heterocycles. The molecule has 8 heteroatoms. The molecule has 1 saturated heterocycles. The number of methoxy groups -OCH3 is 1. The van der Waals surface area contributed by atoms with Gasteiger partial charge in [0.1, 0.15) is 0 Å². The zero-order chi connectivity index (χ0) is 20.7. The summed E-state index contributed by atoms with van der Waals surface area (Å²) in [5.41, 5.74) is 5.72. The number of fused-ring (bicyclic) bond motifs is 2. The zero-order valence-electron chi connectivity index (χ0n) is 17.8. The van der Waals surface area contributed by atoms with Crippen molar-refractivity contribution in [3.8, 4) is 0 Å². The predicted octanol–water partition coefficient (Wildman–Crippen LogP) is 3.15. The number of aryl methyl sites for hydroxylation is 2. The van der Waals surface area contributed by atoms with Crippen LogP contribution in [0.4, 0.5) is 16.3 Å². The third kappa shape index (κ3) is 3.33. The first-order valence-electron chi connectivity index (χ1n) is 10.9. The van der Waals surface area contributed by atoms with Crippen molar-refractivity contribution in [2.45, 2.75) is 51.6 Å². The number of hydrogen-bond donors (Lipinski definition) is 0. The van der Waals surface area contributed by atoms with Gasteiger partial charge < -0.3 is 19.3 Å². The Labute approximate surface area is 176 Å². The lowest BCUT2D eigenvalue weighted by Gasteiger charge is -2.32. The molecule has 2 aromatic rings. The highest BCUT2D eigenvalue weighted by atomic mass is 16.5. The molecule has 3 aliphatic rings. The highest BCUT2D eigenvalue weighted by Crippen LogP contribution is 2.39. The van der Waals surface area contributed by atoms with Gasteiger partial charge in [-0.2, -0.15) is 5.10 Å². The molecule has 3 aliphatic heterocycles. The number of anilines is 2. The molecule has 2 aromatic heterocycles. The maximum atomic E-state index is 12.2. The van der Waals surface area contributed by atoms with Gasteiger partial charge >= 0.3 is 6.09 Å². The number of carbonyl (C=O) groups excluding carboxylic acids is 1. The largest absolute Gasteiger partial charge is 0.453 e. The molecule has 0 spiro atoms. The Morgan fingerprint density at radius 3 is 2.83 bits per heavy atom. The van der Waals surface area contributed by atoms with Crippen LogP contribution in [0.1, 0.15) is 47.9 Å². The minimum atomic E-state index is -0.276. The summed E-state index contributed by atoms with van der Waals surface area (Å²) in [5.74, 6) is 0.969. The van der Waals surface area contributed by atoms with E-state index in [1.165, 1.54) is 12.8 Å². The first kappa shape index (κ1) is 19.4. The summed E-state index contributed by atoms with van der Waals surface area (Å²) in [5, 5.41) is 5.16. The van der Waals surface area contributed by atoms with E-state index in [2.05, 4.69) is 21.7 Å². The normalized spacial score (nSPS) is 19.4. The van der Waals surface area contributed by atoms with Gasteiger partial charge in [0.25, 0.3) is 0 Å². The predicted molar refractivity (Wildman–Crippen MR) is 112 cm³/mol. The van der Waals surface area contributed by atoms with Crippen LogP contribution in [0, 0.1) is 6.92 Å². The van der Waals surface area contributed by atoms with Gasteiger partial charge in [0, 0.05) is 49.7 Å². The van der Waals surface area contributed by atoms with E-state index in [0.717, 1.165) is 80.3 Å². The zero-order valence-corrected chi connectivity index (χ0v) is 17.8. The van der Waals surface area contributed by atoms with Gasteiger partial charge in [0.15, 0.2) is 5.82 Å². The summed E-state index contributed by atoms with van der Waals surface area (Å²) < 4.78 is 12.8. The van der Waals surface area contributed by atoms with Crippen LogP contribution in [-0.4, -0.2) is 59.2 Å². The molecule has 160 valence electrons. The van der Waals surface area contributed by atoms with Crippen LogP contribution in [0.3, 0.4) is 0 Å². The Hall–Kier alpha value is -2.61. The van der Waals surface area contributed by atoms with Crippen molar-refractivity contribution < 1.29 is 14.3 Å². The molecule has 0 radical (unpaired) electrons. The molecular weight excluding hydrogens is 382 g/mol. The van der Waals surface area contributed by atoms with Gasteiger partial charge in [0.2, 0.25) is 0 Å². The Bertz CT molecular complexity index is 950. The molecule has 5 rings (SSSR count). The molecule has 0 atom stereocenters. The molecule has 30 heavy (non-hydrogen) atoms. The van der Waals surface area contributed by atoms with Gasteiger partial charge in [-0.15, -0.1) is 0 Å². The summed E-state index contributed by atoms with van der Waals surface area (Å²) >= 11 is 0. The lowest BCUT2D eigenvalue weighted by molar-refractivity contribution is 0.0649. The van der Waals surface area contributed by atoms with Gasteiger partial charge in [0.05, 0.1) is 31.1 Å². The quantitative estimate of drug-likeness (QED) is 0.756. The lowest BCUT2D eigenvalue weighted by Crippen LogP contribution is -2.37. The molecule has 1 amide bonds. The second kappa shape index (κ2) is 7.91. The Kier molecular flexibility index (Phi) is 5.10. The third-order valence-electron chi connectivity index (χ3n) is 6.47. The maximum absolute atomic E-state index is 12.2. The van der Waals surface area contributed by atoms with Crippen LogP contribution in [0.15, 0.2) is 12.1 Å². The van der Waals surface area contributed by atoms with E-state index in [4.69, 9.17) is 19.6 Å². The van der Waals surface area contributed by atoms with E-state index in [-0.39, 0.29) is 6.09 Å². The summed E-state index contributed by atoms with van der Waals surface area (Å²) in [4.78, 5) is 21.1. The molecular formula is C22H29N5O3. The lowest BCUT2D eigenvalue weighted by atomic mass is 10.0. The number of nitrogens with zero attached hydrogens (tertiary/aromatic N) is 5. The van der Waals surface area contributed by atoms with Gasteiger partial charge in [-0.25, -0.2) is 4.79 Å². The van der Waals surface area contributed by atoms with Gasteiger partial charge in [-0.3, -0.25) is 9.67 Å². The Balaban J connectivity index is 1.58. The smallest absolute Gasteiger partial charge is 0.409 e. The first-order chi connectivity index (χ1) is 14.7. The minimum absolute atomic E-state index is 0.276. The van der Waals surface area contributed by atoms with Crippen molar-refractivity contribution >= 4 is 17.6 Å². The fraction of sp³-hybridized carbons (Fsp3) is 0.591. The summed E-state index contributed by atoms with van der Waals surface area (Å²) in [6, 6.07) is 4.59. The SMILES string of the molecule is COC(=O)N1CCc2c(c(N3CCCc4nc(C)ccc43)nn2C2CCOCC2)C1. The number of ether oxygens (including phenoxy) is 2. The van der Waals surface area contributed by atoms with Crippen molar-refractivity contribution in [2.75, 3.05) is 38.3 Å². The molecule has 0 N–H and O–H groups in total. The topological polar surface area (TPSA) is 72.7 Å². The van der Waals surface area contributed by atoms with E-state index in [1.807, 2.05) is 6.92 Å². The molecule has 0 bridgehead atoms. The second-order valence-electron chi connectivity index (χ2n) is 8.35. The van der Waals surface area contributed by atoms with Crippen LogP contribution in [0.25, 0.3) is 0 Å². The molecule has 0 saturated carbocycles. The number of carbonyl (C=O) groups is 1. The van der Waals surface area contributed by atoms with E-state index in [1.54, 1.807) is 4.90 Å². The van der Waals surface area contributed by atoms with Crippen LogP contribution in [0.2, 0.25) is 0 Å². The number of aromatic nitrogens is 3. The Morgan fingerprint density at radius 2 is 2.03 bits per heavy atom. The van der Waals surface area contributed by atoms with Gasteiger partial charge in [-0.05, 0) is 44.7 Å². The van der Waals surface area contributed by atoms with Crippen LogP contribution >= 0.6 is 0 Å². The van der Waals surface area contributed by atoms with E-state index in [9.17, 15) is 4.79 Å². The monoisotopic (exact) mass is 411 g/mol. The summed E-state index contributed by atoms with van der Waals surface area (Å²) in [7, 11) is 1.44. The fourth-order valence-corrected chi connectivity index (χ4v) is 4.94. The molecule has 1 fully saturated rings. The Morgan fingerprint density at radius 1 is 1.20 bits per heavy atom. The highest BCUT2D eigenvalue weighted by molar-refractivity contribution is 5.71. The van der Waals surface area contributed by atoms with E-state index >= 15 is 0 Å². The van der Waals surface area contributed by atoms with Crippen molar-refractivity contribution in [1.29, 1.82) is 0 Å². The van der Waals surface area contributed by atoms with Crippen molar-refractivity contribution in [2.24, 2.45) is 0 Å². The summed E-state index contributed by atoms with van der Waals surface area (Å²) in [6.07, 6.45) is 4.51. The highest BCUT2D eigenvalue weighted by Gasteiger charge is 2.34. The van der Waals surface area contributed by atoms with Crippen molar-refractivity contribution in [3.63, 3.8) is 0 Å². The number of pyridine rings is 1. The third-order valence-corrected chi connectivity index (χ3v) is 6.47. The second-order valence-corrected chi connectivity index (χ2v) is 8.35. The van der Waals surface area contributed by atoms with Crippen molar-refractivity contribution in [3.05, 3.63) is 34.8 Å². The molecule has 0 unspecified atom stereocenters. The van der Waals surface area contributed by atoms with E-state index in [0.29, 0.717) is 19.1 Å². The summed E-state index contributed by atoms with van der Waals surface area (Å²) in [6.45, 7) is 5.69. The molecule has 0 aliphatic carbocycles. The van der Waals surface area contributed by atoms with Crippen LogP contribution in [0.5, 0.6) is 0 Å². The maximum Gasteiger partial charge on any atom is 0.409 e. The van der Waals surface area contributed by atoms with E-state index < -0.39 is 0 Å². The van der Waals surface area contributed by atoms with Crippen LogP contribution in [-0.2, 0) is 28.9 Å². The standard InChI is InChI=1S/C22H29N5O3/c1-15-5-6-20-18(23-15)4-3-10-26(20)21-17-14-25(22(28)29-2)11-7-19(17)27(24-21)16-8-12-30-13-9-16/h5-6,16H,3-4,7-14H2,1-2H3. The average Bonchev–Trinajstić information content (AvgIpc) is 3.17. The fourth-order valence-electron chi connectivity index (χ4n) is 4.94. The molecule has 0 aromatic carbocycles. The number of rotatable bonds is 2. The average molecular weight is 412 g/mol. The molecule has 8 nitrogen and oxygen atoms in total.